The average Bonchev–Trinajstić information content (AvgIpc) is 3.03. The van der Waals surface area contributed by atoms with Crippen molar-refractivity contribution in [3.8, 4) is 0 Å². The highest BCUT2D eigenvalue weighted by atomic mass is 32.1. The Bertz CT molecular complexity index is 911. The van der Waals surface area contributed by atoms with Gasteiger partial charge in [0.15, 0.2) is 5.78 Å². The zero-order valence-corrected chi connectivity index (χ0v) is 15.2. The number of nitrogens with one attached hydrogen (secondary N) is 1. The predicted molar refractivity (Wildman–Crippen MR) is 98.4 cm³/mol. The highest BCUT2D eigenvalue weighted by Crippen LogP contribution is 2.32. The van der Waals surface area contributed by atoms with E-state index < -0.39 is 11.2 Å². The molecule has 8 heteroatoms. The van der Waals surface area contributed by atoms with Crippen LogP contribution in [0.1, 0.15) is 47.1 Å². The summed E-state index contributed by atoms with van der Waals surface area (Å²) in [7, 11) is 0. The van der Waals surface area contributed by atoms with Crippen molar-refractivity contribution in [2.45, 2.75) is 39.3 Å². The molecule has 0 bridgehead atoms. The van der Waals surface area contributed by atoms with Crippen LogP contribution in [0.3, 0.4) is 0 Å². The first-order valence-electron chi connectivity index (χ1n) is 8.40. The Morgan fingerprint density at radius 3 is 2.92 bits per heavy atom. The first-order valence-corrected chi connectivity index (χ1v) is 9.28. The van der Waals surface area contributed by atoms with Gasteiger partial charge in [0.2, 0.25) is 0 Å². The predicted octanol–water partition coefficient (Wildman–Crippen LogP) is 1.39. The van der Waals surface area contributed by atoms with Crippen molar-refractivity contribution in [3.63, 3.8) is 0 Å². The van der Waals surface area contributed by atoms with Gasteiger partial charge in [-0.15, -0.1) is 11.3 Å². The summed E-state index contributed by atoms with van der Waals surface area (Å²) in [6.07, 6.45) is 1.57. The molecular formula is C17H22N4O3S. The van der Waals surface area contributed by atoms with Crippen molar-refractivity contribution < 1.29 is 4.79 Å². The van der Waals surface area contributed by atoms with Crippen molar-refractivity contribution in [2.24, 2.45) is 0 Å². The number of nitrogens with zero attached hydrogens (tertiary/aromatic N) is 2. The number of rotatable bonds is 5. The number of carbonyl (C=O) groups is 1. The van der Waals surface area contributed by atoms with Crippen LogP contribution in [0.15, 0.2) is 21.0 Å². The molecule has 7 nitrogen and oxygen atoms in total. The van der Waals surface area contributed by atoms with E-state index in [-0.39, 0.29) is 29.8 Å². The Morgan fingerprint density at radius 1 is 1.44 bits per heavy atom. The SMILES string of the molecule is CCCn1c(N)c(C(=O)CN2CCc3sccc3[C@@H]2C)c(=O)[nH]c1=O. The van der Waals surface area contributed by atoms with E-state index in [0.29, 0.717) is 13.0 Å². The van der Waals surface area contributed by atoms with Crippen molar-refractivity contribution in [1.29, 1.82) is 0 Å². The molecule has 0 radical (unpaired) electrons. The minimum atomic E-state index is -0.708. The number of ketones is 1. The number of nitrogen functional groups attached to an aromatic ring is 1. The highest BCUT2D eigenvalue weighted by molar-refractivity contribution is 7.10. The van der Waals surface area contributed by atoms with Gasteiger partial charge in [-0.1, -0.05) is 6.92 Å². The molecular weight excluding hydrogens is 340 g/mol. The molecule has 0 spiro atoms. The summed E-state index contributed by atoms with van der Waals surface area (Å²) in [4.78, 5) is 42.4. The fraction of sp³-hybridized carbons (Fsp3) is 0.471. The van der Waals surface area contributed by atoms with Crippen LogP contribution in [-0.2, 0) is 13.0 Å². The van der Waals surface area contributed by atoms with Gasteiger partial charge in [0.1, 0.15) is 11.4 Å². The summed E-state index contributed by atoms with van der Waals surface area (Å²) in [6, 6.07) is 2.20. The molecule has 25 heavy (non-hydrogen) atoms. The molecule has 0 aromatic carbocycles. The lowest BCUT2D eigenvalue weighted by Crippen LogP contribution is -2.41. The number of anilines is 1. The molecule has 134 valence electrons. The number of aromatic nitrogens is 2. The van der Waals surface area contributed by atoms with Crippen molar-refractivity contribution in [3.05, 3.63) is 48.3 Å². The fourth-order valence-electron chi connectivity index (χ4n) is 3.34. The van der Waals surface area contributed by atoms with Crippen LogP contribution in [-0.4, -0.2) is 33.3 Å². The molecule has 2 aromatic rings. The Morgan fingerprint density at radius 2 is 2.20 bits per heavy atom. The van der Waals surface area contributed by atoms with E-state index >= 15 is 0 Å². The Labute approximate surface area is 149 Å². The number of fused-ring (bicyclic) bond motifs is 1. The van der Waals surface area contributed by atoms with E-state index in [2.05, 4.69) is 23.4 Å². The number of carbonyl (C=O) groups excluding carboxylic acids is 1. The maximum Gasteiger partial charge on any atom is 0.329 e. The second-order valence-electron chi connectivity index (χ2n) is 6.29. The summed E-state index contributed by atoms with van der Waals surface area (Å²) in [6.45, 7) is 5.18. The summed E-state index contributed by atoms with van der Waals surface area (Å²) < 4.78 is 1.26. The second kappa shape index (κ2) is 6.97. The average molecular weight is 362 g/mol. The molecule has 0 saturated carbocycles. The van der Waals surface area contributed by atoms with Crippen molar-refractivity contribution in [2.75, 3.05) is 18.8 Å². The van der Waals surface area contributed by atoms with Crippen LogP contribution in [0.5, 0.6) is 0 Å². The van der Waals surface area contributed by atoms with Crippen LogP contribution in [0.2, 0.25) is 0 Å². The smallest absolute Gasteiger partial charge is 0.329 e. The van der Waals surface area contributed by atoms with Crippen LogP contribution >= 0.6 is 11.3 Å². The van der Waals surface area contributed by atoms with E-state index in [1.165, 1.54) is 15.0 Å². The highest BCUT2D eigenvalue weighted by Gasteiger charge is 2.28. The van der Waals surface area contributed by atoms with E-state index in [9.17, 15) is 14.4 Å². The maximum absolute atomic E-state index is 12.8. The lowest BCUT2D eigenvalue weighted by Gasteiger charge is -2.33. The number of Topliss-reactive ketones (excluding diaryl/α,β-unsaturated/α-hetero) is 1. The van der Waals surface area contributed by atoms with Gasteiger partial charge in [-0.3, -0.25) is 24.0 Å². The molecule has 1 aliphatic heterocycles. The van der Waals surface area contributed by atoms with Crippen molar-refractivity contribution >= 4 is 22.9 Å². The summed E-state index contributed by atoms with van der Waals surface area (Å²) in [5.41, 5.74) is 5.82. The molecule has 0 saturated heterocycles. The fourth-order valence-corrected chi connectivity index (χ4v) is 4.31. The van der Waals surface area contributed by atoms with E-state index in [4.69, 9.17) is 5.73 Å². The molecule has 0 aliphatic carbocycles. The molecule has 1 aliphatic rings. The van der Waals surface area contributed by atoms with Gasteiger partial charge in [0.05, 0.1) is 6.54 Å². The third-order valence-corrected chi connectivity index (χ3v) is 5.71. The van der Waals surface area contributed by atoms with Gasteiger partial charge in [-0.05, 0) is 36.8 Å². The third-order valence-electron chi connectivity index (χ3n) is 4.72. The molecule has 0 unspecified atom stereocenters. The monoisotopic (exact) mass is 362 g/mol. The molecule has 3 rings (SSSR count). The largest absolute Gasteiger partial charge is 0.384 e. The topological polar surface area (TPSA) is 101 Å². The summed E-state index contributed by atoms with van der Waals surface area (Å²) in [5, 5.41) is 2.07. The zero-order chi connectivity index (χ0) is 18.1. The van der Waals surface area contributed by atoms with E-state index in [1.807, 2.05) is 11.8 Å². The number of aromatic amines is 1. The van der Waals surface area contributed by atoms with Gasteiger partial charge in [0.25, 0.3) is 5.56 Å². The van der Waals surface area contributed by atoms with Gasteiger partial charge in [-0.25, -0.2) is 4.79 Å². The zero-order valence-electron chi connectivity index (χ0n) is 14.4. The maximum atomic E-state index is 12.8. The second-order valence-corrected chi connectivity index (χ2v) is 7.29. The van der Waals surface area contributed by atoms with Crippen LogP contribution in [0.4, 0.5) is 5.82 Å². The Kier molecular flexibility index (Phi) is 4.91. The molecule has 0 fully saturated rings. The minimum absolute atomic E-state index is 0.0403. The summed E-state index contributed by atoms with van der Waals surface area (Å²) >= 11 is 1.74. The van der Waals surface area contributed by atoms with Gasteiger partial charge in [0, 0.05) is 24.0 Å². The summed E-state index contributed by atoms with van der Waals surface area (Å²) in [5.74, 6) is -0.393. The molecule has 2 aromatic heterocycles. The molecule has 3 N–H and O–H groups in total. The van der Waals surface area contributed by atoms with Crippen LogP contribution in [0, 0.1) is 0 Å². The lowest BCUT2D eigenvalue weighted by atomic mass is 10.0. The number of H-pyrrole nitrogens is 1. The number of nitrogens with two attached hydrogens (primary N) is 1. The molecule has 1 atom stereocenters. The van der Waals surface area contributed by atoms with Gasteiger partial charge >= 0.3 is 5.69 Å². The number of hydrogen-bond donors (Lipinski definition) is 2. The van der Waals surface area contributed by atoms with Gasteiger partial charge < -0.3 is 5.73 Å². The minimum Gasteiger partial charge on any atom is -0.384 e. The van der Waals surface area contributed by atoms with Crippen LogP contribution < -0.4 is 17.0 Å². The molecule has 0 amide bonds. The standard InChI is InChI=1S/C17H22N4O3S/c1-3-6-21-15(18)14(16(23)19-17(21)24)12(22)9-20-7-4-13-11(10(20)2)5-8-25-13/h5,8,10H,3-4,6-7,9,18H2,1-2H3,(H,19,23,24)/t10-/m0/s1. The van der Waals surface area contributed by atoms with Gasteiger partial charge in [-0.2, -0.15) is 0 Å². The molecule has 3 heterocycles. The van der Waals surface area contributed by atoms with E-state index in [0.717, 1.165) is 13.0 Å². The first kappa shape index (κ1) is 17.6. The third kappa shape index (κ3) is 3.19. The Hall–Kier alpha value is -2.19. The van der Waals surface area contributed by atoms with E-state index in [1.54, 1.807) is 11.3 Å². The Balaban J connectivity index is 1.89. The first-order chi connectivity index (χ1) is 11.9. The quantitative estimate of drug-likeness (QED) is 0.783. The normalized spacial score (nSPS) is 17.4. The number of hydrogen-bond acceptors (Lipinski definition) is 6. The van der Waals surface area contributed by atoms with Crippen LogP contribution in [0.25, 0.3) is 0 Å². The lowest BCUT2D eigenvalue weighted by molar-refractivity contribution is 0.0890. The number of thiophene rings is 1. The van der Waals surface area contributed by atoms with Crippen molar-refractivity contribution in [1.82, 2.24) is 14.5 Å².